The SMILES string of the molecule is COc1ccc(CCn2c(-c3cc(C)ccc3C)csc2=Nc2cccc(C(F)(F)F)c2)cc1OC. The Morgan fingerprint density at radius 3 is 2.42 bits per heavy atom. The Balaban J connectivity index is 1.79. The Morgan fingerprint density at radius 2 is 1.69 bits per heavy atom. The summed E-state index contributed by atoms with van der Waals surface area (Å²) < 4.78 is 52.6. The van der Waals surface area contributed by atoms with Crippen molar-refractivity contribution in [1.82, 2.24) is 4.57 Å². The predicted molar refractivity (Wildman–Crippen MR) is 137 cm³/mol. The molecule has 188 valence electrons. The number of halogens is 3. The number of benzene rings is 3. The molecule has 0 fully saturated rings. The fourth-order valence-corrected chi connectivity index (χ4v) is 4.95. The number of aromatic nitrogens is 1. The minimum absolute atomic E-state index is 0.263. The molecule has 0 atom stereocenters. The topological polar surface area (TPSA) is 35.8 Å². The van der Waals surface area contributed by atoms with Crippen LogP contribution in [0.5, 0.6) is 11.5 Å². The summed E-state index contributed by atoms with van der Waals surface area (Å²) in [4.78, 5) is 5.25. The summed E-state index contributed by atoms with van der Waals surface area (Å²) in [6.07, 6.45) is -3.75. The third-order valence-corrected chi connectivity index (χ3v) is 6.80. The molecule has 1 aromatic heterocycles. The average molecular weight is 513 g/mol. The van der Waals surface area contributed by atoms with Crippen molar-refractivity contribution in [2.45, 2.75) is 33.0 Å². The Kier molecular flexibility index (Phi) is 7.54. The Hall–Kier alpha value is -3.52. The average Bonchev–Trinajstić information content (AvgIpc) is 3.25. The smallest absolute Gasteiger partial charge is 0.416 e. The molecule has 0 saturated heterocycles. The maximum Gasteiger partial charge on any atom is 0.416 e. The lowest BCUT2D eigenvalue weighted by atomic mass is 10.0. The molecule has 0 spiro atoms. The number of thiazole rings is 1. The molecule has 0 saturated carbocycles. The number of nitrogens with zero attached hydrogens (tertiary/aromatic N) is 2. The zero-order valence-corrected chi connectivity index (χ0v) is 21.3. The van der Waals surface area contributed by atoms with Gasteiger partial charge in [0.15, 0.2) is 16.3 Å². The van der Waals surface area contributed by atoms with Crippen LogP contribution in [0.15, 0.2) is 71.0 Å². The summed E-state index contributed by atoms with van der Waals surface area (Å²) >= 11 is 1.41. The van der Waals surface area contributed by atoms with Crippen LogP contribution in [0, 0.1) is 13.8 Å². The Morgan fingerprint density at radius 1 is 0.917 bits per heavy atom. The molecular formula is C28H27F3N2O2S. The minimum Gasteiger partial charge on any atom is -0.493 e. The third kappa shape index (κ3) is 5.65. The molecule has 4 rings (SSSR count). The first-order valence-electron chi connectivity index (χ1n) is 11.4. The van der Waals surface area contributed by atoms with Crippen molar-refractivity contribution in [1.29, 1.82) is 0 Å². The number of ether oxygens (including phenoxy) is 2. The maximum atomic E-state index is 13.3. The fourth-order valence-electron chi connectivity index (χ4n) is 4.00. The number of hydrogen-bond donors (Lipinski definition) is 0. The summed E-state index contributed by atoms with van der Waals surface area (Å²) in [7, 11) is 3.19. The van der Waals surface area contributed by atoms with E-state index in [0.29, 0.717) is 29.3 Å². The summed E-state index contributed by atoms with van der Waals surface area (Å²) in [5.41, 5.74) is 4.89. The van der Waals surface area contributed by atoms with E-state index in [4.69, 9.17) is 9.47 Å². The fraction of sp³-hybridized carbons (Fsp3) is 0.250. The van der Waals surface area contributed by atoms with Gasteiger partial charge in [-0.3, -0.25) is 0 Å². The van der Waals surface area contributed by atoms with Gasteiger partial charge in [-0.15, -0.1) is 11.3 Å². The van der Waals surface area contributed by atoms with E-state index < -0.39 is 11.7 Å². The number of hydrogen-bond acceptors (Lipinski definition) is 4. The van der Waals surface area contributed by atoms with Gasteiger partial charge in [-0.25, -0.2) is 4.99 Å². The highest BCUT2D eigenvalue weighted by Crippen LogP contribution is 2.32. The molecule has 0 bridgehead atoms. The van der Waals surface area contributed by atoms with Crippen molar-refractivity contribution < 1.29 is 22.6 Å². The highest BCUT2D eigenvalue weighted by Gasteiger charge is 2.30. The second kappa shape index (κ2) is 10.6. The summed E-state index contributed by atoms with van der Waals surface area (Å²) in [6, 6.07) is 17.2. The van der Waals surface area contributed by atoms with E-state index in [2.05, 4.69) is 34.7 Å². The molecule has 4 nitrogen and oxygen atoms in total. The van der Waals surface area contributed by atoms with Crippen LogP contribution in [0.4, 0.5) is 18.9 Å². The van der Waals surface area contributed by atoms with Crippen molar-refractivity contribution in [3.63, 3.8) is 0 Å². The monoisotopic (exact) mass is 512 g/mol. The molecule has 8 heteroatoms. The third-order valence-electron chi connectivity index (χ3n) is 5.94. The van der Waals surface area contributed by atoms with Crippen LogP contribution in [0.1, 0.15) is 22.3 Å². The number of methoxy groups -OCH3 is 2. The van der Waals surface area contributed by atoms with Crippen LogP contribution >= 0.6 is 11.3 Å². The number of aryl methyl sites for hydroxylation is 3. The van der Waals surface area contributed by atoms with Gasteiger partial charge in [-0.2, -0.15) is 13.2 Å². The van der Waals surface area contributed by atoms with Crippen LogP contribution in [0.25, 0.3) is 11.3 Å². The highest BCUT2D eigenvalue weighted by atomic mass is 32.1. The van der Waals surface area contributed by atoms with Crippen molar-refractivity contribution in [2.24, 2.45) is 4.99 Å². The maximum absolute atomic E-state index is 13.3. The van der Waals surface area contributed by atoms with E-state index in [1.54, 1.807) is 20.3 Å². The second-order valence-corrected chi connectivity index (χ2v) is 9.31. The standard InChI is InChI=1S/C28H27F3N2O2S/c1-18-8-9-19(2)23(14-18)24-17-36-27(32-22-7-5-6-21(16-22)28(29,30)31)33(24)13-12-20-10-11-25(34-3)26(15-20)35-4/h5-11,14-17H,12-13H2,1-4H3. The minimum atomic E-state index is -4.42. The zero-order valence-electron chi connectivity index (χ0n) is 20.5. The molecule has 0 aliphatic rings. The van der Waals surface area contributed by atoms with Gasteiger partial charge < -0.3 is 14.0 Å². The predicted octanol–water partition coefficient (Wildman–Crippen LogP) is 7.34. The van der Waals surface area contributed by atoms with Gasteiger partial charge in [0.2, 0.25) is 0 Å². The van der Waals surface area contributed by atoms with E-state index in [1.165, 1.54) is 17.4 Å². The number of alkyl halides is 3. The molecule has 0 aliphatic heterocycles. The van der Waals surface area contributed by atoms with Crippen molar-refractivity contribution >= 4 is 17.0 Å². The largest absolute Gasteiger partial charge is 0.493 e. The molecule has 0 aliphatic carbocycles. The van der Waals surface area contributed by atoms with Gasteiger partial charge in [0, 0.05) is 17.5 Å². The number of rotatable bonds is 7. The zero-order chi connectivity index (χ0) is 25.9. The van der Waals surface area contributed by atoms with Crippen LogP contribution in [0.2, 0.25) is 0 Å². The van der Waals surface area contributed by atoms with Crippen LogP contribution in [0.3, 0.4) is 0 Å². The summed E-state index contributed by atoms with van der Waals surface area (Å²) in [5, 5.41) is 2.02. The van der Waals surface area contributed by atoms with Crippen LogP contribution < -0.4 is 14.3 Å². The molecule has 0 radical (unpaired) electrons. The molecule has 4 aromatic rings. The lowest BCUT2D eigenvalue weighted by molar-refractivity contribution is -0.137. The lowest BCUT2D eigenvalue weighted by Crippen LogP contribution is -2.17. The molecule has 0 N–H and O–H groups in total. The molecule has 3 aromatic carbocycles. The molecule has 0 amide bonds. The van der Waals surface area contributed by atoms with E-state index in [-0.39, 0.29) is 5.69 Å². The van der Waals surface area contributed by atoms with Gasteiger partial charge in [0.1, 0.15) is 0 Å². The van der Waals surface area contributed by atoms with Gasteiger partial charge in [-0.05, 0) is 67.8 Å². The van der Waals surface area contributed by atoms with Crippen molar-refractivity contribution in [3.8, 4) is 22.8 Å². The van der Waals surface area contributed by atoms with Crippen LogP contribution in [-0.4, -0.2) is 18.8 Å². The van der Waals surface area contributed by atoms with Gasteiger partial charge in [0.05, 0.1) is 31.2 Å². The first-order valence-corrected chi connectivity index (χ1v) is 12.3. The molecular weight excluding hydrogens is 485 g/mol. The first kappa shape index (κ1) is 25.6. The first-order chi connectivity index (χ1) is 17.2. The summed E-state index contributed by atoms with van der Waals surface area (Å²) in [5.74, 6) is 1.30. The van der Waals surface area contributed by atoms with E-state index in [1.807, 2.05) is 30.5 Å². The lowest BCUT2D eigenvalue weighted by Gasteiger charge is -2.13. The van der Waals surface area contributed by atoms with Gasteiger partial charge in [0.25, 0.3) is 0 Å². The normalized spacial score (nSPS) is 12.1. The van der Waals surface area contributed by atoms with E-state index in [9.17, 15) is 13.2 Å². The van der Waals surface area contributed by atoms with Crippen molar-refractivity contribution in [2.75, 3.05) is 14.2 Å². The molecule has 36 heavy (non-hydrogen) atoms. The highest BCUT2D eigenvalue weighted by molar-refractivity contribution is 7.07. The van der Waals surface area contributed by atoms with E-state index >= 15 is 0 Å². The Labute approximate surface area is 212 Å². The van der Waals surface area contributed by atoms with Crippen molar-refractivity contribution in [3.05, 3.63) is 93.1 Å². The van der Waals surface area contributed by atoms with Gasteiger partial charge >= 0.3 is 6.18 Å². The van der Waals surface area contributed by atoms with E-state index in [0.717, 1.165) is 40.1 Å². The van der Waals surface area contributed by atoms with Crippen LogP contribution in [-0.2, 0) is 19.1 Å². The quantitative estimate of drug-likeness (QED) is 0.260. The molecule has 1 heterocycles. The Bertz CT molecular complexity index is 1440. The summed E-state index contributed by atoms with van der Waals surface area (Å²) in [6.45, 7) is 4.67. The molecule has 0 unspecified atom stereocenters. The second-order valence-electron chi connectivity index (χ2n) is 8.47. The van der Waals surface area contributed by atoms with Gasteiger partial charge in [-0.1, -0.05) is 29.8 Å².